The summed E-state index contributed by atoms with van der Waals surface area (Å²) in [5.74, 6) is 0.930. The van der Waals surface area contributed by atoms with E-state index >= 15 is 0 Å². The van der Waals surface area contributed by atoms with E-state index < -0.39 is 0 Å². The van der Waals surface area contributed by atoms with E-state index in [2.05, 4.69) is 44.7 Å². The fraction of sp³-hybridized carbons (Fsp3) is 0.286. The Balaban J connectivity index is 0.00000144. The number of halogens is 2. The summed E-state index contributed by atoms with van der Waals surface area (Å²) in [5.41, 5.74) is 2.89. The predicted octanol–water partition coefficient (Wildman–Crippen LogP) is -2.60. The molecule has 4 heteroatoms. The molecular weight excluding hydrogens is 303 g/mol. The third kappa shape index (κ3) is 4.82. The van der Waals surface area contributed by atoms with Gasteiger partial charge in [0.25, 0.3) is 0 Å². The summed E-state index contributed by atoms with van der Waals surface area (Å²) in [6.07, 6.45) is 7.91. The molecule has 0 heterocycles. The van der Waals surface area contributed by atoms with Crippen LogP contribution in [0.4, 0.5) is 0 Å². The van der Waals surface area contributed by atoms with E-state index in [4.69, 9.17) is 4.74 Å². The van der Waals surface area contributed by atoms with Crippen LogP contribution < -0.4 is 29.6 Å². The zero-order valence-electron chi connectivity index (χ0n) is 10.2. The van der Waals surface area contributed by atoms with Crippen molar-refractivity contribution in [2.75, 3.05) is 7.11 Å². The molecule has 0 aromatic heterocycles. The zero-order valence-corrected chi connectivity index (χ0v) is 13.3. The molecule has 0 saturated heterocycles. The molecule has 0 bridgehead atoms. The van der Waals surface area contributed by atoms with Gasteiger partial charge in [-0.3, -0.25) is 0 Å². The summed E-state index contributed by atoms with van der Waals surface area (Å²) in [4.78, 5) is 0. The van der Waals surface area contributed by atoms with Gasteiger partial charge >= 0.3 is 109 Å². The quantitative estimate of drug-likeness (QED) is 0.553. The Morgan fingerprint density at radius 3 is 2.28 bits per heavy atom. The fourth-order valence-electron chi connectivity index (χ4n) is 1.86. The van der Waals surface area contributed by atoms with Crippen LogP contribution in [0, 0.1) is 0 Å². The molecule has 1 aliphatic rings. The van der Waals surface area contributed by atoms with Crippen LogP contribution in [0.5, 0.6) is 5.75 Å². The second-order valence-corrected chi connectivity index (χ2v) is 4.90. The summed E-state index contributed by atoms with van der Waals surface area (Å²) in [7, 11) is 1.70. The van der Waals surface area contributed by atoms with Gasteiger partial charge in [0.1, 0.15) is 0 Å². The van der Waals surface area contributed by atoms with Gasteiger partial charge in [0, 0.05) is 0 Å². The van der Waals surface area contributed by atoms with Crippen molar-refractivity contribution >= 4 is 0 Å². The molecule has 0 atom stereocenters. The van der Waals surface area contributed by atoms with E-state index in [0.29, 0.717) is 0 Å². The van der Waals surface area contributed by atoms with Crippen molar-refractivity contribution in [3.05, 3.63) is 51.4 Å². The summed E-state index contributed by atoms with van der Waals surface area (Å²) < 4.78 is 6.67. The first-order valence-electron chi connectivity index (χ1n) is 5.52. The molecule has 0 unspecified atom stereocenters. The number of hydrogen-bond acceptors (Lipinski definition) is 1. The molecule has 1 nitrogen and oxygen atoms in total. The van der Waals surface area contributed by atoms with Gasteiger partial charge in [-0.25, -0.2) is 0 Å². The van der Waals surface area contributed by atoms with Crippen LogP contribution in [0.2, 0.25) is 0 Å². The molecule has 1 aliphatic carbocycles. The van der Waals surface area contributed by atoms with Gasteiger partial charge in [-0.2, -0.15) is 0 Å². The zero-order chi connectivity index (χ0) is 11.4. The minimum atomic E-state index is 0. The van der Waals surface area contributed by atoms with E-state index in [9.17, 15) is 0 Å². The van der Waals surface area contributed by atoms with E-state index in [-0.39, 0.29) is 24.8 Å². The van der Waals surface area contributed by atoms with Crippen molar-refractivity contribution in [1.29, 1.82) is 0 Å². The second kappa shape index (κ2) is 8.82. The van der Waals surface area contributed by atoms with Crippen LogP contribution in [0.1, 0.15) is 18.4 Å². The molecule has 95 valence electrons. The largest absolute Gasteiger partial charge is 1.00 e. The Kier molecular flexibility index (Phi) is 8.72. The third-order valence-electron chi connectivity index (χ3n) is 2.87. The SMILES string of the molecule is COc1ccc(CCC2=[C]([Ti+2])CC=C2)cc1.[Cl-].[Cl-]. The summed E-state index contributed by atoms with van der Waals surface area (Å²) >= 11 is 2.23. The van der Waals surface area contributed by atoms with Crippen LogP contribution in [0.25, 0.3) is 0 Å². The van der Waals surface area contributed by atoms with Crippen molar-refractivity contribution in [1.82, 2.24) is 0 Å². The van der Waals surface area contributed by atoms with Crippen molar-refractivity contribution < 1.29 is 50.0 Å². The number of hydrogen-bond donors (Lipinski definition) is 0. The number of rotatable bonds is 4. The molecule has 0 amide bonds. The van der Waals surface area contributed by atoms with E-state index in [1.54, 1.807) is 7.11 Å². The average Bonchev–Trinajstić information content (AvgIpc) is 2.73. The number of allylic oxidation sites excluding steroid dienone is 4. The standard InChI is InChI=1S/C14H15O.2ClH.Ti/c1-15-14-10-8-13(9-11-14)7-6-12-4-2-3-5-12;;;/h2,4,8-11H,3,6-7H2,1H3;2*1H;/q;;;+2/p-2. The average molecular weight is 318 g/mol. The molecular formula is C14H15Cl2OTi. The van der Waals surface area contributed by atoms with Gasteiger partial charge in [-0.1, -0.05) is 0 Å². The van der Waals surface area contributed by atoms with Gasteiger partial charge in [-0.05, 0) is 0 Å². The topological polar surface area (TPSA) is 9.23 Å². The summed E-state index contributed by atoms with van der Waals surface area (Å²) in [6, 6.07) is 8.35. The van der Waals surface area contributed by atoms with E-state index in [1.165, 1.54) is 15.0 Å². The summed E-state index contributed by atoms with van der Waals surface area (Å²) in [6.45, 7) is 0. The first kappa shape index (κ1) is 17.8. The van der Waals surface area contributed by atoms with Crippen molar-refractivity contribution in [3.8, 4) is 5.75 Å². The Hall–Kier alpha value is -0.206. The normalized spacial score (nSPS) is 13.1. The van der Waals surface area contributed by atoms with Crippen molar-refractivity contribution in [2.24, 2.45) is 0 Å². The molecule has 18 heavy (non-hydrogen) atoms. The molecule has 2 rings (SSSR count). The van der Waals surface area contributed by atoms with Gasteiger partial charge < -0.3 is 24.8 Å². The molecule has 1 aromatic carbocycles. The Morgan fingerprint density at radius 1 is 1.11 bits per heavy atom. The second-order valence-electron chi connectivity index (χ2n) is 3.96. The van der Waals surface area contributed by atoms with Crippen molar-refractivity contribution in [3.63, 3.8) is 0 Å². The molecule has 0 N–H and O–H groups in total. The van der Waals surface area contributed by atoms with Crippen LogP contribution in [-0.4, -0.2) is 7.11 Å². The smallest absolute Gasteiger partial charge is 1.00 e. The van der Waals surface area contributed by atoms with Crippen LogP contribution in [0.3, 0.4) is 0 Å². The number of methoxy groups -OCH3 is 1. The first-order chi connectivity index (χ1) is 7.79. The maximum absolute atomic E-state index is 5.14. The minimum absolute atomic E-state index is 0. The number of benzene rings is 1. The van der Waals surface area contributed by atoms with Gasteiger partial charge in [0.2, 0.25) is 0 Å². The van der Waals surface area contributed by atoms with Gasteiger partial charge in [0.05, 0.1) is 0 Å². The van der Waals surface area contributed by atoms with Crippen LogP contribution in [0.15, 0.2) is 45.9 Å². The van der Waals surface area contributed by atoms with Gasteiger partial charge in [0.15, 0.2) is 0 Å². The summed E-state index contributed by atoms with van der Waals surface area (Å²) in [5, 5.41) is 0. The third-order valence-corrected chi connectivity index (χ3v) is 3.69. The molecule has 0 aliphatic heterocycles. The Labute approximate surface area is 133 Å². The Morgan fingerprint density at radius 2 is 1.78 bits per heavy atom. The van der Waals surface area contributed by atoms with Crippen molar-refractivity contribution in [2.45, 2.75) is 19.3 Å². The minimum Gasteiger partial charge on any atom is -1.00 e. The maximum Gasteiger partial charge on any atom is -1.00 e. The van der Waals surface area contributed by atoms with E-state index in [1.807, 2.05) is 12.1 Å². The number of ether oxygens (including phenoxy) is 1. The predicted molar refractivity (Wildman–Crippen MR) is 62.1 cm³/mol. The molecule has 0 saturated carbocycles. The van der Waals surface area contributed by atoms with Gasteiger partial charge in [-0.15, -0.1) is 0 Å². The fourth-order valence-corrected chi connectivity index (χ4v) is 2.37. The first-order valence-corrected chi connectivity index (χ1v) is 6.31. The Bertz CT molecular complexity index is 424. The molecule has 0 radical (unpaired) electrons. The maximum atomic E-state index is 5.14. The van der Waals surface area contributed by atoms with Crippen LogP contribution in [-0.2, 0) is 26.9 Å². The molecule has 0 spiro atoms. The van der Waals surface area contributed by atoms with Crippen LogP contribution >= 0.6 is 0 Å². The molecule has 1 aromatic rings. The molecule has 0 fully saturated rings. The van der Waals surface area contributed by atoms with E-state index in [0.717, 1.165) is 25.0 Å². The monoisotopic (exact) mass is 317 g/mol. The number of aryl methyl sites for hydroxylation is 1.